The molecule has 1 aromatic carbocycles. The molecule has 2 N–H and O–H groups in total. The quantitative estimate of drug-likeness (QED) is 0.641. The van der Waals surface area contributed by atoms with Crippen LogP contribution in [0.1, 0.15) is 80.8 Å². The average Bonchev–Trinajstić information content (AvgIpc) is 3.46. The summed E-state index contributed by atoms with van der Waals surface area (Å²) in [7, 11) is 0. The van der Waals surface area contributed by atoms with Gasteiger partial charge in [0.1, 0.15) is 13.1 Å². The molecule has 0 saturated heterocycles. The molecule has 2 aromatic heterocycles. The molecule has 1 atom stereocenters. The first-order valence-electron chi connectivity index (χ1n) is 11.9. The Kier molecular flexibility index (Phi) is 5.85. The molecule has 0 bridgehead atoms. The van der Waals surface area contributed by atoms with Gasteiger partial charge < -0.3 is 9.88 Å². The van der Waals surface area contributed by atoms with Crippen LogP contribution in [-0.4, -0.2) is 31.2 Å². The van der Waals surface area contributed by atoms with Crippen molar-refractivity contribution < 1.29 is 4.90 Å². The van der Waals surface area contributed by atoms with Gasteiger partial charge in [-0.25, -0.2) is 4.68 Å². The number of pyridine rings is 1. The van der Waals surface area contributed by atoms with Crippen molar-refractivity contribution in [1.29, 1.82) is 0 Å². The fraction of sp³-hybridized carbons (Fsp3) is 0.583. The summed E-state index contributed by atoms with van der Waals surface area (Å²) >= 11 is 0. The number of aromatic nitrogens is 5. The van der Waals surface area contributed by atoms with E-state index in [4.69, 9.17) is 0 Å². The highest BCUT2D eigenvalue weighted by atomic mass is 16.1. The number of fused-ring (bicyclic) bond motifs is 1. The minimum atomic E-state index is 0.0278. The van der Waals surface area contributed by atoms with E-state index in [1.807, 2.05) is 12.1 Å². The molecule has 2 heterocycles. The lowest BCUT2D eigenvalue weighted by molar-refractivity contribution is -0.954. The first-order valence-corrected chi connectivity index (χ1v) is 11.9. The van der Waals surface area contributed by atoms with Crippen LogP contribution in [0.25, 0.3) is 10.9 Å². The lowest BCUT2D eigenvalue weighted by Gasteiger charge is -2.31. The minimum Gasteiger partial charge on any atom is -0.322 e. The molecule has 0 aliphatic heterocycles. The summed E-state index contributed by atoms with van der Waals surface area (Å²) in [6.45, 7) is 3.58. The van der Waals surface area contributed by atoms with Crippen molar-refractivity contribution in [1.82, 2.24) is 25.2 Å². The summed E-state index contributed by atoms with van der Waals surface area (Å²) in [5.74, 6) is 0.973. The highest BCUT2D eigenvalue weighted by Crippen LogP contribution is 2.29. The molecular weight excluding hydrogens is 388 g/mol. The fourth-order valence-corrected chi connectivity index (χ4v) is 5.57. The minimum absolute atomic E-state index is 0.0278. The van der Waals surface area contributed by atoms with Gasteiger partial charge in [-0.1, -0.05) is 30.9 Å². The van der Waals surface area contributed by atoms with E-state index < -0.39 is 0 Å². The molecule has 2 aliphatic rings. The molecule has 0 spiro atoms. The molecule has 0 radical (unpaired) electrons. The van der Waals surface area contributed by atoms with Crippen LogP contribution in [-0.2, 0) is 13.1 Å². The summed E-state index contributed by atoms with van der Waals surface area (Å²) in [5.41, 5.74) is 3.00. The maximum absolute atomic E-state index is 12.9. The number of H-pyrrole nitrogens is 1. The lowest BCUT2D eigenvalue weighted by atomic mass is 9.93. The third-order valence-corrected chi connectivity index (χ3v) is 7.29. The number of rotatable bonds is 6. The van der Waals surface area contributed by atoms with Gasteiger partial charge in [-0.15, -0.1) is 5.10 Å². The molecule has 164 valence electrons. The number of nitrogens with one attached hydrogen (secondary N) is 2. The van der Waals surface area contributed by atoms with Crippen LogP contribution >= 0.6 is 0 Å². The van der Waals surface area contributed by atoms with Gasteiger partial charge in [0.05, 0.1) is 17.6 Å². The molecule has 7 heteroatoms. The number of tetrazole rings is 1. The SMILES string of the molecule is Cc1ccc2[nH]c(=O)c(C[NH+](Cc3nnnn3C3CCCC3)C3CCCCC3)cc2c1. The molecule has 31 heavy (non-hydrogen) atoms. The Morgan fingerprint density at radius 1 is 1.03 bits per heavy atom. The molecule has 2 saturated carbocycles. The van der Waals surface area contributed by atoms with E-state index in [2.05, 4.69) is 44.2 Å². The second kappa shape index (κ2) is 8.91. The predicted molar refractivity (Wildman–Crippen MR) is 120 cm³/mol. The Morgan fingerprint density at radius 2 is 1.81 bits per heavy atom. The van der Waals surface area contributed by atoms with Crippen LogP contribution in [0.5, 0.6) is 0 Å². The Hall–Kier alpha value is -2.54. The average molecular weight is 422 g/mol. The Morgan fingerprint density at radius 3 is 2.61 bits per heavy atom. The zero-order valence-corrected chi connectivity index (χ0v) is 18.4. The van der Waals surface area contributed by atoms with Crippen molar-refractivity contribution in [3.8, 4) is 0 Å². The second-order valence-corrected chi connectivity index (χ2v) is 9.54. The second-order valence-electron chi connectivity index (χ2n) is 9.54. The number of nitrogens with zero attached hydrogens (tertiary/aromatic N) is 4. The summed E-state index contributed by atoms with van der Waals surface area (Å²) in [6, 6.07) is 9.26. The zero-order valence-electron chi connectivity index (χ0n) is 18.4. The van der Waals surface area contributed by atoms with E-state index in [9.17, 15) is 4.79 Å². The van der Waals surface area contributed by atoms with Crippen LogP contribution in [0.4, 0.5) is 0 Å². The molecule has 5 rings (SSSR count). The van der Waals surface area contributed by atoms with Gasteiger partial charge in [0, 0.05) is 5.52 Å². The molecule has 1 unspecified atom stereocenters. The number of hydrogen-bond acceptors (Lipinski definition) is 4. The number of aryl methyl sites for hydroxylation is 1. The highest BCUT2D eigenvalue weighted by molar-refractivity contribution is 5.79. The molecular formula is C24H33N6O+. The van der Waals surface area contributed by atoms with Gasteiger partial charge in [0.25, 0.3) is 5.56 Å². The van der Waals surface area contributed by atoms with Gasteiger partial charge in [-0.2, -0.15) is 0 Å². The normalized spacial score (nSPS) is 19.3. The van der Waals surface area contributed by atoms with Crippen molar-refractivity contribution in [3.05, 3.63) is 51.6 Å². The largest absolute Gasteiger partial charge is 0.322 e. The molecule has 2 fully saturated rings. The van der Waals surface area contributed by atoms with E-state index >= 15 is 0 Å². The molecule has 3 aromatic rings. The maximum atomic E-state index is 12.9. The fourth-order valence-electron chi connectivity index (χ4n) is 5.57. The van der Waals surface area contributed by atoms with Crippen molar-refractivity contribution in [2.24, 2.45) is 0 Å². The number of hydrogen-bond donors (Lipinski definition) is 2. The monoisotopic (exact) mass is 421 g/mol. The van der Waals surface area contributed by atoms with E-state index in [0.29, 0.717) is 18.6 Å². The highest BCUT2D eigenvalue weighted by Gasteiger charge is 2.29. The van der Waals surface area contributed by atoms with E-state index in [1.165, 1.54) is 68.3 Å². The van der Waals surface area contributed by atoms with Crippen molar-refractivity contribution >= 4 is 10.9 Å². The van der Waals surface area contributed by atoms with E-state index in [-0.39, 0.29) is 5.56 Å². The third-order valence-electron chi connectivity index (χ3n) is 7.29. The van der Waals surface area contributed by atoms with E-state index in [0.717, 1.165) is 28.8 Å². The number of benzene rings is 1. The van der Waals surface area contributed by atoms with Crippen LogP contribution in [0, 0.1) is 6.92 Å². The van der Waals surface area contributed by atoms with Crippen LogP contribution in [0.15, 0.2) is 29.1 Å². The van der Waals surface area contributed by atoms with Gasteiger partial charge in [-0.05, 0) is 79.5 Å². The Balaban J connectivity index is 1.45. The topological polar surface area (TPSA) is 80.9 Å². The van der Waals surface area contributed by atoms with Crippen molar-refractivity contribution in [2.45, 2.75) is 89.9 Å². The van der Waals surface area contributed by atoms with E-state index in [1.54, 1.807) is 0 Å². The predicted octanol–water partition coefficient (Wildman–Crippen LogP) is 2.86. The maximum Gasteiger partial charge on any atom is 0.257 e. The number of quaternary nitrogens is 1. The Bertz CT molecular complexity index is 1090. The lowest BCUT2D eigenvalue weighted by Crippen LogP contribution is -3.13. The standard InChI is InChI=1S/C24H32N6O/c1-17-11-12-22-18(13-17)14-19(24(31)25-22)15-29(20-7-3-2-4-8-20)16-23-26-27-28-30(23)21-9-5-6-10-21/h11-14,20-21H,2-10,15-16H2,1H3,(H,25,31)/p+1. The van der Waals surface area contributed by atoms with Crippen LogP contribution in [0.2, 0.25) is 0 Å². The molecule has 0 amide bonds. The summed E-state index contributed by atoms with van der Waals surface area (Å²) in [4.78, 5) is 17.4. The smallest absolute Gasteiger partial charge is 0.257 e. The van der Waals surface area contributed by atoms with Crippen molar-refractivity contribution in [2.75, 3.05) is 0 Å². The summed E-state index contributed by atoms with van der Waals surface area (Å²) in [5, 5.41) is 13.9. The van der Waals surface area contributed by atoms with Gasteiger partial charge in [-0.3, -0.25) is 4.79 Å². The first-order chi connectivity index (χ1) is 15.2. The number of aromatic amines is 1. The van der Waals surface area contributed by atoms with Gasteiger partial charge >= 0.3 is 0 Å². The summed E-state index contributed by atoms with van der Waals surface area (Å²) in [6.07, 6.45) is 11.1. The Labute approximate surface area is 182 Å². The third kappa shape index (κ3) is 4.42. The summed E-state index contributed by atoms with van der Waals surface area (Å²) < 4.78 is 2.07. The molecule has 2 aliphatic carbocycles. The van der Waals surface area contributed by atoms with Crippen molar-refractivity contribution in [3.63, 3.8) is 0 Å². The van der Waals surface area contributed by atoms with Crippen LogP contribution < -0.4 is 10.5 Å². The first kappa shape index (κ1) is 20.4. The molecule has 7 nitrogen and oxygen atoms in total. The van der Waals surface area contributed by atoms with Crippen LogP contribution in [0.3, 0.4) is 0 Å². The zero-order chi connectivity index (χ0) is 21.2. The van der Waals surface area contributed by atoms with Gasteiger partial charge in [0.15, 0.2) is 0 Å². The van der Waals surface area contributed by atoms with Gasteiger partial charge in [0.2, 0.25) is 5.82 Å².